The van der Waals surface area contributed by atoms with Crippen LogP contribution in [0.3, 0.4) is 0 Å². The molecule has 0 bridgehead atoms. The van der Waals surface area contributed by atoms with E-state index in [0.29, 0.717) is 25.1 Å². The number of carbonyl (C=O) groups excluding carboxylic acids is 2. The van der Waals surface area contributed by atoms with Gasteiger partial charge >= 0.3 is 0 Å². The highest BCUT2D eigenvalue weighted by Gasteiger charge is 2.28. The number of hydrogen-bond donors (Lipinski definition) is 0. The minimum atomic E-state index is -0.0396. The fraction of sp³-hybridized carbons (Fsp3) is 0.667. The molecule has 1 fully saturated rings. The number of unbranched alkanes of at least 4 members (excludes halogenated alkanes) is 1. The molecule has 116 valence electrons. The first-order valence-electron chi connectivity index (χ1n) is 7.54. The number of carbonyl (C=O) groups is 2. The largest absolute Gasteiger partial charge is 0.323 e. The zero-order valence-electron chi connectivity index (χ0n) is 13.0. The Morgan fingerprint density at radius 1 is 1.14 bits per heavy atom. The van der Waals surface area contributed by atoms with Crippen LogP contribution >= 0.6 is 11.8 Å². The number of amides is 2. The van der Waals surface area contributed by atoms with E-state index in [2.05, 4.69) is 23.4 Å². The van der Waals surface area contributed by atoms with Crippen molar-refractivity contribution in [3.05, 3.63) is 11.4 Å². The molecule has 0 N–H and O–H groups in total. The second-order valence-corrected chi connectivity index (χ2v) is 6.42. The summed E-state index contributed by atoms with van der Waals surface area (Å²) < 4.78 is 2.25. The van der Waals surface area contributed by atoms with Gasteiger partial charge in [0.15, 0.2) is 5.16 Å². The molecule has 1 aliphatic heterocycles. The number of hydrogen-bond acceptors (Lipinski definition) is 4. The fourth-order valence-electron chi connectivity index (χ4n) is 2.41. The smallest absolute Gasteiger partial charge is 0.229 e. The molecule has 5 nitrogen and oxygen atoms in total. The maximum absolute atomic E-state index is 11.6. The van der Waals surface area contributed by atoms with Gasteiger partial charge in [-0.3, -0.25) is 14.5 Å². The van der Waals surface area contributed by atoms with E-state index < -0.39 is 0 Å². The van der Waals surface area contributed by atoms with Crippen LogP contribution in [0, 0.1) is 13.8 Å². The molecule has 0 radical (unpaired) electrons. The molecular weight excluding hydrogens is 286 g/mol. The normalized spacial score (nSPS) is 15.3. The maximum atomic E-state index is 11.6. The summed E-state index contributed by atoms with van der Waals surface area (Å²) in [4.78, 5) is 29.1. The zero-order chi connectivity index (χ0) is 15.4. The summed E-state index contributed by atoms with van der Waals surface area (Å²) in [6.07, 6.45) is 3.02. The van der Waals surface area contributed by atoms with E-state index in [1.54, 1.807) is 11.8 Å². The third kappa shape index (κ3) is 3.67. The Balaban J connectivity index is 1.95. The lowest BCUT2D eigenvalue weighted by atomic mass is 10.3. The Morgan fingerprint density at radius 3 is 2.43 bits per heavy atom. The summed E-state index contributed by atoms with van der Waals surface area (Å²) in [5.74, 6) is 0.629. The van der Waals surface area contributed by atoms with Crippen LogP contribution in [0.5, 0.6) is 0 Å². The van der Waals surface area contributed by atoms with Crippen LogP contribution in [0.4, 0.5) is 0 Å². The molecule has 0 aromatic carbocycles. The van der Waals surface area contributed by atoms with Crippen molar-refractivity contribution in [3.63, 3.8) is 0 Å². The first-order chi connectivity index (χ1) is 10.0. The molecule has 0 aliphatic carbocycles. The van der Waals surface area contributed by atoms with Crippen molar-refractivity contribution in [2.45, 2.75) is 58.2 Å². The molecule has 2 rings (SSSR count). The lowest BCUT2D eigenvalue weighted by molar-refractivity contribution is -0.137. The Kier molecular flexibility index (Phi) is 5.45. The summed E-state index contributed by atoms with van der Waals surface area (Å²) >= 11 is 1.63. The Bertz CT molecular complexity index is 523. The molecule has 2 heterocycles. The van der Waals surface area contributed by atoms with E-state index in [0.717, 1.165) is 30.2 Å². The van der Waals surface area contributed by atoms with Crippen molar-refractivity contribution in [2.24, 2.45) is 0 Å². The molecule has 0 atom stereocenters. The lowest BCUT2D eigenvalue weighted by Gasteiger charge is -2.13. The van der Waals surface area contributed by atoms with Gasteiger partial charge in [0.1, 0.15) is 0 Å². The molecule has 6 heteroatoms. The second-order valence-electron chi connectivity index (χ2n) is 5.36. The summed E-state index contributed by atoms with van der Waals surface area (Å²) in [5, 5.41) is 0.998. The summed E-state index contributed by atoms with van der Waals surface area (Å²) in [5.41, 5.74) is 2.27. The minimum Gasteiger partial charge on any atom is -0.323 e. The van der Waals surface area contributed by atoms with Crippen molar-refractivity contribution in [2.75, 3.05) is 12.3 Å². The van der Waals surface area contributed by atoms with E-state index in [-0.39, 0.29) is 11.8 Å². The molecule has 21 heavy (non-hydrogen) atoms. The van der Waals surface area contributed by atoms with Crippen molar-refractivity contribution in [3.8, 4) is 0 Å². The number of thioether (sulfide) groups is 1. The van der Waals surface area contributed by atoms with Crippen LogP contribution in [-0.2, 0) is 16.1 Å². The first-order valence-corrected chi connectivity index (χ1v) is 8.52. The number of imide groups is 1. The molecule has 0 unspecified atom stereocenters. The molecule has 1 aromatic heterocycles. The van der Waals surface area contributed by atoms with Gasteiger partial charge in [-0.25, -0.2) is 4.98 Å². The first kappa shape index (κ1) is 16.1. The standard InChI is InChI=1S/C15H23N3O2S/c1-4-5-8-17-12(3)11(2)16-15(17)21-10-9-18-13(19)6-7-14(18)20/h4-10H2,1-3H3. The average Bonchev–Trinajstić information content (AvgIpc) is 2.91. The van der Waals surface area contributed by atoms with Gasteiger partial charge in [0, 0.05) is 37.4 Å². The van der Waals surface area contributed by atoms with Crippen molar-refractivity contribution in [1.29, 1.82) is 0 Å². The lowest BCUT2D eigenvalue weighted by Crippen LogP contribution is -2.31. The van der Waals surface area contributed by atoms with Crippen molar-refractivity contribution in [1.82, 2.24) is 14.5 Å². The molecular formula is C15H23N3O2S. The molecule has 0 saturated carbocycles. The van der Waals surface area contributed by atoms with Gasteiger partial charge < -0.3 is 4.57 Å². The highest BCUT2D eigenvalue weighted by atomic mass is 32.2. The number of aryl methyl sites for hydroxylation is 1. The van der Waals surface area contributed by atoms with E-state index in [4.69, 9.17) is 0 Å². The third-order valence-corrected chi connectivity index (χ3v) is 4.82. The fourth-order valence-corrected chi connectivity index (χ4v) is 3.46. The van der Waals surface area contributed by atoms with Gasteiger partial charge in [-0.05, 0) is 20.3 Å². The Hall–Kier alpha value is -1.30. The summed E-state index contributed by atoms with van der Waals surface area (Å²) in [6, 6.07) is 0. The van der Waals surface area contributed by atoms with Crippen LogP contribution < -0.4 is 0 Å². The SMILES string of the molecule is CCCCn1c(SCCN2C(=O)CCC2=O)nc(C)c1C. The van der Waals surface area contributed by atoms with Gasteiger partial charge in [-0.15, -0.1) is 0 Å². The number of nitrogens with zero attached hydrogens (tertiary/aromatic N) is 3. The van der Waals surface area contributed by atoms with E-state index in [1.165, 1.54) is 10.6 Å². The molecule has 1 aromatic rings. The van der Waals surface area contributed by atoms with Gasteiger partial charge in [0.2, 0.25) is 11.8 Å². The van der Waals surface area contributed by atoms with Gasteiger partial charge in [0.05, 0.1) is 5.69 Å². The van der Waals surface area contributed by atoms with Crippen LogP contribution in [0.25, 0.3) is 0 Å². The summed E-state index contributed by atoms with van der Waals surface area (Å²) in [7, 11) is 0. The highest BCUT2D eigenvalue weighted by Crippen LogP contribution is 2.22. The van der Waals surface area contributed by atoms with Crippen molar-refractivity contribution >= 4 is 23.6 Å². The highest BCUT2D eigenvalue weighted by molar-refractivity contribution is 7.99. The van der Waals surface area contributed by atoms with Crippen LogP contribution in [0.1, 0.15) is 44.0 Å². The predicted octanol–water partition coefficient (Wildman–Crippen LogP) is 2.54. The number of aromatic nitrogens is 2. The number of likely N-dealkylation sites (tertiary alicyclic amines) is 1. The number of rotatable bonds is 7. The minimum absolute atomic E-state index is 0.0396. The van der Waals surface area contributed by atoms with Gasteiger partial charge in [0.25, 0.3) is 0 Å². The molecule has 2 amide bonds. The Labute approximate surface area is 130 Å². The quantitative estimate of drug-likeness (QED) is 0.574. The molecule has 1 aliphatic rings. The van der Waals surface area contributed by atoms with Crippen LogP contribution in [-0.4, -0.2) is 38.6 Å². The van der Waals surface area contributed by atoms with E-state index in [9.17, 15) is 9.59 Å². The zero-order valence-corrected chi connectivity index (χ0v) is 13.8. The third-order valence-electron chi connectivity index (χ3n) is 3.86. The Morgan fingerprint density at radius 2 is 1.81 bits per heavy atom. The van der Waals surface area contributed by atoms with E-state index >= 15 is 0 Å². The van der Waals surface area contributed by atoms with Crippen LogP contribution in [0.15, 0.2) is 5.16 Å². The van der Waals surface area contributed by atoms with E-state index in [1.807, 2.05) is 6.92 Å². The topological polar surface area (TPSA) is 55.2 Å². The second kappa shape index (κ2) is 7.11. The monoisotopic (exact) mass is 309 g/mol. The summed E-state index contributed by atoms with van der Waals surface area (Å²) in [6.45, 7) is 7.76. The van der Waals surface area contributed by atoms with Crippen molar-refractivity contribution < 1.29 is 9.59 Å². The molecule has 0 spiro atoms. The predicted molar refractivity (Wildman–Crippen MR) is 83.3 cm³/mol. The van der Waals surface area contributed by atoms with Gasteiger partial charge in [-0.1, -0.05) is 25.1 Å². The van der Waals surface area contributed by atoms with Gasteiger partial charge in [-0.2, -0.15) is 0 Å². The molecule has 1 saturated heterocycles. The maximum Gasteiger partial charge on any atom is 0.229 e. The average molecular weight is 309 g/mol. The number of imidazole rings is 1. The van der Waals surface area contributed by atoms with Crippen LogP contribution in [0.2, 0.25) is 0 Å².